The van der Waals surface area contributed by atoms with E-state index in [0.717, 1.165) is 205 Å². The molecule has 108 heavy (non-hydrogen) atoms. The van der Waals surface area contributed by atoms with Gasteiger partial charge in [0, 0.05) is 25.7 Å². The SMILES string of the molecule is CC/C=C\C/C=C\C/C=C\C/C=C\C/C=C\C/C=C\CCC(=O)OCC(COP(=O)(O)OCC(O)COP(=O)(O)OCC(COC(=O)CCCCCCCCC/C=C\C/C=C\C/C=C\CC)OC(=O)CCCCCCC/C=C\C/C=C\CCCCC)OC(=O)CCCCCCCCC/C=C\C/C=C\C/C=C\CC. The van der Waals surface area contributed by atoms with Crippen molar-refractivity contribution in [1.82, 2.24) is 0 Å². The number of hydrogen-bond acceptors (Lipinski definition) is 15. The lowest BCUT2D eigenvalue weighted by molar-refractivity contribution is -0.161. The Morgan fingerprint density at radius 2 is 0.500 bits per heavy atom. The van der Waals surface area contributed by atoms with Gasteiger partial charge in [0.25, 0.3) is 0 Å². The van der Waals surface area contributed by atoms with Crippen molar-refractivity contribution in [3.8, 4) is 0 Å². The van der Waals surface area contributed by atoms with Gasteiger partial charge < -0.3 is 33.8 Å². The summed E-state index contributed by atoms with van der Waals surface area (Å²) in [6, 6.07) is 0. The second-order valence-corrected chi connectivity index (χ2v) is 29.8. The fraction of sp³-hybridized carbons (Fsp3) is 0.640. The lowest BCUT2D eigenvalue weighted by Crippen LogP contribution is -2.30. The molecule has 0 saturated carbocycles. The number of aliphatic hydroxyl groups excluding tert-OH is 1. The summed E-state index contributed by atoms with van der Waals surface area (Å²) in [4.78, 5) is 73.2. The van der Waals surface area contributed by atoms with Crippen LogP contribution in [0.2, 0.25) is 0 Å². The molecule has 0 aliphatic rings. The highest BCUT2D eigenvalue weighted by Gasteiger charge is 2.30. The molecule has 614 valence electrons. The number of aliphatic hydroxyl groups is 1. The maximum atomic E-state index is 13.1. The van der Waals surface area contributed by atoms with Crippen molar-refractivity contribution in [2.24, 2.45) is 0 Å². The van der Waals surface area contributed by atoms with Gasteiger partial charge in [-0.2, -0.15) is 0 Å². The van der Waals surface area contributed by atoms with Crippen molar-refractivity contribution >= 4 is 39.5 Å². The minimum Gasteiger partial charge on any atom is -0.462 e. The molecule has 0 spiro atoms. The molecule has 0 aromatic heterocycles. The molecular weight excluding hydrogens is 1400 g/mol. The molecule has 5 atom stereocenters. The Labute approximate surface area is 654 Å². The zero-order valence-corrected chi connectivity index (χ0v) is 69.0. The van der Waals surface area contributed by atoms with Gasteiger partial charge in [-0.1, -0.05) is 294 Å². The van der Waals surface area contributed by atoms with Crippen LogP contribution in [0.3, 0.4) is 0 Å². The Morgan fingerprint density at radius 3 is 0.796 bits per heavy atom. The third-order valence-corrected chi connectivity index (χ3v) is 18.6. The highest BCUT2D eigenvalue weighted by Crippen LogP contribution is 2.45. The van der Waals surface area contributed by atoms with Crippen LogP contribution in [0.5, 0.6) is 0 Å². The predicted molar refractivity (Wildman–Crippen MR) is 445 cm³/mol. The predicted octanol–water partition coefficient (Wildman–Crippen LogP) is 24.6. The van der Waals surface area contributed by atoms with Gasteiger partial charge in [0.2, 0.25) is 0 Å². The average molecular weight is 1550 g/mol. The molecule has 0 aromatic rings. The summed E-state index contributed by atoms with van der Waals surface area (Å²) in [7, 11) is -10.0. The fourth-order valence-corrected chi connectivity index (χ4v) is 12.1. The Morgan fingerprint density at radius 1 is 0.269 bits per heavy atom. The third kappa shape index (κ3) is 78.5. The third-order valence-electron chi connectivity index (χ3n) is 16.7. The Hall–Kier alpha value is -5.58. The van der Waals surface area contributed by atoms with Gasteiger partial charge in [0.05, 0.1) is 26.4 Å². The van der Waals surface area contributed by atoms with Gasteiger partial charge in [-0.25, -0.2) is 9.13 Å². The van der Waals surface area contributed by atoms with Gasteiger partial charge in [-0.15, -0.1) is 0 Å². The maximum absolute atomic E-state index is 13.1. The molecule has 0 fully saturated rings. The van der Waals surface area contributed by atoms with Gasteiger partial charge in [0.1, 0.15) is 19.3 Å². The zero-order chi connectivity index (χ0) is 78.9. The van der Waals surface area contributed by atoms with E-state index in [1.54, 1.807) is 0 Å². The number of allylic oxidation sites excluding steroid dienone is 28. The number of hydrogen-bond donors (Lipinski definition) is 3. The highest BCUT2D eigenvalue weighted by atomic mass is 31.2. The second kappa shape index (κ2) is 79.5. The molecular formula is C89H146O17P2. The van der Waals surface area contributed by atoms with Crippen molar-refractivity contribution in [2.75, 3.05) is 39.6 Å². The van der Waals surface area contributed by atoms with Crippen molar-refractivity contribution in [1.29, 1.82) is 0 Å². The van der Waals surface area contributed by atoms with Gasteiger partial charge in [0.15, 0.2) is 12.2 Å². The highest BCUT2D eigenvalue weighted by molar-refractivity contribution is 7.47. The quantitative estimate of drug-likeness (QED) is 0.0169. The van der Waals surface area contributed by atoms with Crippen LogP contribution in [0.25, 0.3) is 0 Å². The topological polar surface area (TPSA) is 237 Å². The Bertz CT molecular complexity index is 2710. The number of esters is 4. The summed E-state index contributed by atoms with van der Waals surface area (Å²) in [5, 5.41) is 10.7. The number of phosphoric acid groups is 2. The van der Waals surface area contributed by atoms with Gasteiger partial charge in [-0.05, 0) is 161 Å². The molecule has 0 radical (unpaired) electrons. The van der Waals surface area contributed by atoms with E-state index in [4.69, 9.17) is 37.0 Å². The van der Waals surface area contributed by atoms with Crippen LogP contribution in [0, 0.1) is 0 Å². The van der Waals surface area contributed by atoms with E-state index in [2.05, 4.69) is 180 Å². The molecule has 0 heterocycles. The Kier molecular flexibility index (Phi) is 75.4. The summed E-state index contributed by atoms with van der Waals surface area (Å²) < 4.78 is 68.6. The van der Waals surface area contributed by atoms with Crippen LogP contribution in [0.4, 0.5) is 0 Å². The lowest BCUT2D eigenvalue weighted by Gasteiger charge is -2.21. The van der Waals surface area contributed by atoms with Crippen molar-refractivity contribution in [2.45, 2.75) is 329 Å². The molecule has 0 saturated heterocycles. The molecule has 0 amide bonds. The lowest BCUT2D eigenvalue weighted by atomic mass is 10.1. The first kappa shape index (κ1) is 102. The smallest absolute Gasteiger partial charge is 0.462 e. The summed E-state index contributed by atoms with van der Waals surface area (Å²) in [6.45, 7) is 4.40. The molecule has 0 bridgehead atoms. The molecule has 19 heteroatoms. The largest absolute Gasteiger partial charge is 0.472 e. The van der Waals surface area contributed by atoms with Crippen molar-refractivity contribution < 1.29 is 80.2 Å². The van der Waals surface area contributed by atoms with E-state index in [1.807, 2.05) is 18.2 Å². The number of unbranched alkanes of at least 4 members (excludes halogenated alkanes) is 22. The van der Waals surface area contributed by atoms with Crippen LogP contribution < -0.4 is 0 Å². The first-order valence-corrected chi connectivity index (χ1v) is 44.4. The van der Waals surface area contributed by atoms with E-state index < -0.39 is 97.5 Å². The van der Waals surface area contributed by atoms with Gasteiger partial charge >= 0.3 is 39.5 Å². The first-order chi connectivity index (χ1) is 52.7. The summed E-state index contributed by atoms with van der Waals surface area (Å²) in [5.41, 5.74) is 0. The number of phosphoric ester groups is 2. The molecule has 0 aliphatic heterocycles. The van der Waals surface area contributed by atoms with Gasteiger partial charge in [-0.3, -0.25) is 37.3 Å². The van der Waals surface area contributed by atoms with E-state index in [-0.39, 0.29) is 25.7 Å². The minimum absolute atomic E-state index is 0.0281. The van der Waals surface area contributed by atoms with Crippen LogP contribution in [0.1, 0.15) is 310 Å². The number of carbonyl (C=O) groups excluding carboxylic acids is 4. The van der Waals surface area contributed by atoms with Crippen LogP contribution in [0.15, 0.2) is 170 Å². The normalized spacial score (nSPS) is 14.7. The standard InChI is InChI=1S/C89H146O17P2/c1-5-9-13-17-21-25-29-33-37-40-41-44-47-50-54-58-62-66-70-74-87(92)100-80-85(106-89(94)76-72-68-64-60-56-52-48-43-39-35-31-27-23-19-15-11-7-3)82-104-108(97,98)102-78-83(90)77-101-107(95,96)103-81-84(105-88(93)75-71-67-63-59-55-51-45-36-32-28-24-20-16-12-8-4)79-99-86(91)73-69-65-61-57-53-49-46-42-38-34-30-26-22-18-14-10-6-2/h9-11,13-15,21-28,33-39,41,44-45,50,54,62,66,83-85,90H,5-8,12,16-20,29-32,40,42-43,46-49,51-53,55-61,63-65,67-82H2,1-4H3,(H,95,96)(H,97,98)/b13-9-,14-10-,15-11-,25-21-,26-22-,27-23-,28-24-,37-33-,38-34-,39-35-,44-41-,45-36-,54-50-,66-62-. The molecule has 5 unspecified atom stereocenters. The number of rotatable bonds is 76. The number of ether oxygens (including phenoxy) is 4. The van der Waals surface area contributed by atoms with E-state index >= 15 is 0 Å². The number of carbonyl (C=O) groups is 4. The molecule has 0 aliphatic carbocycles. The molecule has 0 rings (SSSR count). The zero-order valence-electron chi connectivity index (χ0n) is 67.2. The van der Waals surface area contributed by atoms with Crippen LogP contribution >= 0.6 is 15.6 Å². The van der Waals surface area contributed by atoms with E-state index in [1.165, 1.54) is 19.3 Å². The maximum Gasteiger partial charge on any atom is 0.472 e. The molecule has 17 nitrogen and oxygen atoms in total. The van der Waals surface area contributed by atoms with Crippen molar-refractivity contribution in [3.63, 3.8) is 0 Å². The monoisotopic (exact) mass is 1550 g/mol. The summed E-state index contributed by atoms with van der Waals surface area (Å²) in [6.07, 6.45) is 94.7. The summed E-state index contributed by atoms with van der Waals surface area (Å²) >= 11 is 0. The average Bonchev–Trinajstić information content (AvgIpc) is 0.906. The Balaban J connectivity index is 5.47. The molecule has 3 N–H and O–H groups in total. The van der Waals surface area contributed by atoms with Crippen LogP contribution in [-0.4, -0.2) is 96.7 Å². The van der Waals surface area contributed by atoms with Crippen LogP contribution in [-0.2, 0) is 65.4 Å². The fourth-order valence-electron chi connectivity index (χ4n) is 10.5. The second-order valence-electron chi connectivity index (χ2n) is 26.9. The first-order valence-electron chi connectivity index (χ1n) is 41.4. The molecule has 0 aromatic carbocycles. The minimum atomic E-state index is -5.01. The summed E-state index contributed by atoms with van der Waals surface area (Å²) in [5.74, 6) is -2.32. The van der Waals surface area contributed by atoms with E-state index in [0.29, 0.717) is 32.1 Å². The van der Waals surface area contributed by atoms with Crippen molar-refractivity contribution in [3.05, 3.63) is 170 Å². The van der Waals surface area contributed by atoms with E-state index in [9.17, 15) is 43.2 Å².